The Labute approximate surface area is 130 Å². The molecule has 1 atom stereocenters. The van der Waals surface area contributed by atoms with Crippen LogP contribution in [0.4, 0.5) is 5.69 Å². The monoisotopic (exact) mass is 302 g/mol. The summed E-state index contributed by atoms with van der Waals surface area (Å²) in [6, 6.07) is 11.0. The van der Waals surface area contributed by atoms with E-state index in [1.807, 2.05) is 32.9 Å². The van der Waals surface area contributed by atoms with E-state index < -0.39 is 0 Å². The summed E-state index contributed by atoms with van der Waals surface area (Å²) in [4.78, 5) is 12.3. The fourth-order valence-corrected chi connectivity index (χ4v) is 2.58. The topological polar surface area (TPSA) is 55.1 Å². The fourth-order valence-electron chi connectivity index (χ4n) is 2.38. The van der Waals surface area contributed by atoms with Gasteiger partial charge in [-0.1, -0.05) is 35.4 Å². The van der Waals surface area contributed by atoms with Crippen LogP contribution in [0.15, 0.2) is 36.4 Å². The Morgan fingerprint density at radius 2 is 1.90 bits per heavy atom. The van der Waals surface area contributed by atoms with E-state index in [9.17, 15) is 4.79 Å². The molecule has 2 rings (SSSR count). The smallest absolute Gasteiger partial charge is 0.253 e. The van der Waals surface area contributed by atoms with Crippen molar-refractivity contribution in [2.75, 3.05) is 5.73 Å². The second-order valence-corrected chi connectivity index (χ2v) is 5.70. The molecule has 3 N–H and O–H groups in total. The molecular formula is C17H19ClN2O. The number of halogens is 1. The Morgan fingerprint density at radius 3 is 2.57 bits per heavy atom. The highest BCUT2D eigenvalue weighted by Crippen LogP contribution is 2.22. The summed E-state index contributed by atoms with van der Waals surface area (Å²) in [5, 5.41) is 3.36. The summed E-state index contributed by atoms with van der Waals surface area (Å²) in [6.07, 6.45) is 0. The first-order chi connectivity index (χ1) is 9.88. The van der Waals surface area contributed by atoms with Gasteiger partial charge < -0.3 is 11.1 Å². The summed E-state index contributed by atoms with van der Waals surface area (Å²) in [5.41, 5.74) is 10.1. The maximum Gasteiger partial charge on any atom is 0.253 e. The molecule has 4 heteroatoms. The van der Waals surface area contributed by atoms with Crippen molar-refractivity contribution in [1.82, 2.24) is 5.32 Å². The number of aryl methyl sites for hydroxylation is 2. The van der Waals surface area contributed by atoms with Crippen molar-refractivity contribution >= 4 is 23.2 Å². The second-order valence-electron chi connectivity index (χ2n) is 5.29. The van der Waals surface area contributed by atoms with Gasteiger partial charge in [0.15, 0.2) is 0 Å². The van der Waals surface area contributed by atoms with Crippen LogP contribution in [0.2, 0.25) is 5.02 Å². The van der Waals surface area contributed by atoms with Gasteiger partial charge in [0.1, 0.15) is 0 Å². The van der Waals surface area contributed by atoms with Crippen LogP contribution < -0.4 is 11.1 Å². The van der Waals surface area contributed by atoms with Crippen LogP contribution in [0.1, 0.15) is 40.0 Å². The Bertz CT molecular complexity index is 682. The maximum atomic E-state index is 12.3. The molecule has 1 amide bonds. The first-order valence-electron chi connectivity index (χ1n) is 6.81. The Kier molecular flexibility index (Phi) is 4.53. The Morgan fingerprint density at radius 1 is 1.19 bits per heavy atom. The van der Waals surface area contributed by atoms with E-state index in [1.165, 1.54) is 5.56 Å². The predicted molar refractivity (Wildman–Crippen MR) is 87.7 cm³/mol. The molecule has 110 valence electrons. The van der Waals surface area contributed by atoms with E-state index in [-0.39, 0.29) is 11.9 Å². The first kappa shape index (κ1) is 15.4. The van der Waals surface area contributed by atoms with Crippen molar-refractivity contribution in [3.05, 3.63) is 63.7 Å². The highest BCUT2D eigenvalue weighted by atomic mass is 35.5. The van der Waals surface area contributed by atoms with Crippen LogP contribution in [0.25, 0.3) is 0 Å². The van der Waals surface area contributed by atoms with Gasteiger partial charge in [0.05, 0.1) is 16.6 Å². The number of carbonyl (C=O) groups is 1. The number of amides is 1. The van der Waals surface area contributed by atoms with E-state index >= 15 is 0 Å². The maximum absolute atomic E-state index is 12.3. The van der Waals surface area contributed by atoms with Gasteiger partial charge >= 0.3 is 0 Å². The van der Waals surface area contributed by atoms with E-state index in [0.29, 0.717) is 16.3 Å². The number of hydrogen-bond acceptors (Lipinski definition) is 2. The number of nitrogen functional groups attached to an aromatic ring is 1. The molecular weight excluding hydrogens is 284 g/mol. The number of anilines is 1. The molecule has 0 spiro atoms. The van der Waals surface area contributed by atoms with Crippen molar-refractivity contribution in [3.63, 3.8) is 0 Å². The lowest BCUT2D eigenvalue weighted by Crippen LogP contribution is -2.27. The highest BCUT2D eigenvalue weighted by Gasteiger charge is 2.15. The Balaban J connectivity index is 2.20. The van der Waals surface area contributed by atoms with Gasteiger partial charge in [-0.05, 0) is 50.1 Å². The van der Waals surface area contributed by atoms with Crippen LogP contribution in [0, 0.1) is 13.8 Å². The number of hydrogen-bond donors (Lipinski definition) is 2. The summed E-state index contributed by atoms with van der Waals surface area (Å²) < 4.78 is 0. The summed E-state index contributed by atoms with van der Waals surface area (Å²) in [6.45, 7) is 6.04. The molecule has 3 nitrogen and oxygen atoms in total. The number of carbonyl (C=O) groups excluding carboxylic acids is 1. The molecule has 1 unspecified atom stereocenters. The quantitative estimate of drug-likeness (QED) is 0.841. The minimum absolute atomic E-state index is 0.101. The zero-order chi connectivity index (χ0) is 15.6. The summed E-state index contributed by atoms with van der Waals surface area (Å²) >= 11 is 6.06. The zero-order valence-corrected chi connectivity index (χ0v) is 13.2. The molecule has 0 aliphatic rings. The molecule has 0 aromatic heterocycles. The van der Waals surface area contributed by atoms with Gasteiger partial charge in [0.2, 0.25) is 0 Å². The summed E-state index contributed by atoms with van der Waals surface area (Å²) in [5.74, 6) is -0.222. The molecule has 0 bridgehead atoms. The molecule has 2 aromatic rings. The zero-order valence-electron chi connectivity index (χ0n) is 12.4. The second kappa shape index (κ2) is 6.19. The molecule has 2 aromatic carbocycles. The van der Waals surface area contributed by atoms with Gasteiger partial charge in [-0.2, -0.15) is 0 Å². The minimum atomic E-state index is -0.222. The van der Waals surface area contributed by atoms with Crippen molar-refractivity contribution in [3.8, 4) is 0 Å². The first-order valence-corrected chi connectivity index (χ1v) is 7.19. The van der Waals surface area contributed by atoms with Gasteiger partial charge in [0.25, 0.3) is 5.91 Å². The SMILES string of the molecule is Cc1ccc(C(C)NC(=O)c2cc(N)ccc2Cl)c(C)c1. The number of nitrogens with two attached hydrogens (primary N) is 1. The van der Waals surface area contributed by atoms with Crippen molar-refractivity contribution in [1.29, 1.82) is 0 Å². The van der Waals surface area contributed by atoms with Gasteiger partial charge in [0, 0.05) is 5.69 Å². The molecule has 0 saturated carbocycles. The molecule has 0 saturated heterocycles. The minimum Gasteiger partial charge on any atom is -0.399 e. The molecule has 0 heterocycles. The third kappa shape index (κ3) is 3.56. The molecule has 0 aliphatic carbocycles. The van der Waals surface area contributed by atoms with Crippen LogP contribution >= 0.6 is 11.6 Å². The normalized spacial score (nSPS) is 12.0. The number of nitrogens with one attached hydrogen (secondary N) is 1. The van der Waals surface area contributed by atoms with E-state index in [2.05, 4.69) is 11.4 Å². The van der Waals surface area contributed by atoms with E-state index in [0.717, 1.165) is 11.1 Å². The van der Waals surface area contributed by atoms with Crippen LogP contribution in [-0.2, 0) is 0 Å². The van der Waals surface area contributed by atoms with E-state index in [4.69, 9.17) is 17.3 Å². The number of benzene rings is 2. The van der Waals surface area contributed by atoms with Crippen molar-refractivity contribution in [2.45, 2.75) is 26.8 Å². The largest absolute Gasteiger partial charge is 0.399 e. The lowest BCUT2D eigenvalue weighted by atomic mass is 10.00. The standard InChI is InChI=1S/C17H19ClN2O/c1-10-4-6-14(11(2)8-10)12(3)20-17(21)15-9-13(19)5-7-16(15)18/h4-9,12H,19H2,1-3H3,(H,20,21). The van der Waals surface area contributed by atoms with Crippen LogP contribution in [0.5, 0.6) is 0 Å². The van der Waals surface area contributed by atoms with Gasteiger partial charge in [-0.15, -0.1) is 0 Å². The summed E-state index contributed by atoms with van der Waals surface area (Å²) in [7, 11) is 0. The molecule has 0 fully saturated rings. The van der Waals surface area contributed by atoms with Crippen molar-refractivity contribution < 1.29 is 4.79 Å². The van der Waals surface area contributed by atoms with Gasteiger partial charge in [-0.3, -0.25) is 4.79 Å². The Hall–Kier alpha value is -2.00. The molecule has 21 heavy (non-hydrogen) atoms. The highest BCUT2D eigenvalue weighted by molar-refractivity contribution is 6.34. The molecule has 0 radical (unpaired) electrons. The predicted octanol–water partition coefficient (Wildman–Crippen LogP) is 4.03. The average Bonchev–Trinajstić information content (AvgIpc) is 2.41. The van der Waals surface area contributed by atoms with Gasteiger partial charge in [-0.25, -0.2) is 0 Å². The van der Waals surface area contributed by atoms with Crippen LogP contribution in [-0.4, -0.2) is 5.91 Å². The fraction of sp³-hybridized carbons (Fsp3) is 0.235. The van der Waals surface area contributed by atoms with E-state index in [1.54, 1.807) is 18.2 Å². The van der Waals surface area contributed by atoms with Crippen molar-refractivity contribution in [2.24, 2.45) is 0 Å². The average molecular weight is 303 g/mol. The lowest BCUT2D eigenvalue weighted by molar-refractivity contribution is 0.0940. The lowest BCUT2D eigenvalue weighted by Gasteiger charge is -2.17. The third-order valence-corrected chi connectivity index (χ3v) is 3.80. The molecule has 0 aliphatic heterocycles. The number of rotatable bonds is 3. The third-order valence-electron chi connectivity index (χ3n) is 3.47. The van der Waals surface area contributed by atoms with Crippen LogP contribution in [0.3, 0.4) is 0 Å².